The van der Waals surface area contributed by atoms with Crippen molar-refractivity contribution < 1.29 is 4.79 Å². The molecule has 0 saturated carbocycles. The van der Waals surface area contributed by atoms with Crippen molar-refractivity contribution in [1.29, 1.82) is 0 Å². The molecule has 1 fully saturated rings. The lowest BCUT2D eigenvalue weighted by Crippen LogP contribution is -2.48. The van der Waals surface area contributed by atoms with Gasteiger partial charge in [-0.3, -0.25) is 9.69 Å². The van der Waals surface area contributed by atoms with Crippen molar-refractivity contribution in [3.05, 3.63) is 56.2 Å². The average Bonchev–Trinajstić information content (AvgIpc) is 2.87. The van der Waals surface area contributed by atoms with Crippen LogP contribution in [0, 0.1) is 13.8 Å². The summed E-state index contributed by atoms with van der Waals surface area (Å²) in [5.74, 6) is 0.175. The average molecular weight is 349 g/mol. The maximum atomic E-state index is 12.6. The second-order valence-electron chi connectivity index (χ2n) is 6.03. The first-order chi connectivity index (χ1) is 11.0. The molecular weight excluding hydrogens is 328 g/mol. The number of carbonyl (C=O) groups excluding carboxylic acids is 1. The van der Waals surface area contributed by atoms with E-state index in [1.807, 2.05) is 35.4 Å². The third-order valence-electron chi connectivity index (χ3n) is 4.47. The highest BCUT2D eigenvalue weighted by atomic mass is 35.5. The van der Waals surface area contributed by atoms with Gasteiger partial charge in [-0.1, -0.05) is 23.7 Å². The van der Waals surface area contributed by atoms with Gasteiger partial charge in [-0.05, 0) is 37.1 Å². The summed E-state index contributed by atoms with van der Waals surface area (Å²) in [6, 6.07) is 7.99. The molecule has 122 valence electrons. The van der Waals surface area contributed by atoms with Gasteiger partial charge in [0.15, 0.2) is 0 Å². The number of amides is 1. The lowest BCUT2D eigenvalue weighted by molar-refractivity contribution is 0.0628. The van der Waals surface area contributed by atoms with Gasteiger partial charge in [0, 0.05) is 48.0 Å². The predicted octanol–water partition coefficient (Wildman–Crippen LogP) is 3.98. The monoisotopic (exact) mass is 348 g/mol. The highest BCUT2D eigenvalue weighted by Gasteiger charge is 2.24. The predicted molar refractivity (Wildman–Crippen MR) is 96.4 cm³/mol. The van der Waals surface area contributed by atoms with Gasteiger partial charge in [-0.2, -0.15) is 0 Å². The molecule has 1 aromatic heterocycles. The molecule has 0 unspecified atom stereocenters. The molecule has 0 aliphatic carbocycles. The maximum absolute atomic E-state index is 12.6. The van der Waals surface area contributed by atoms with Gasteiger partial charge in [0.05, 0.1) is 5.56 Å². The Labute approximate surface area is 146 Å². The molecule has 3 nitrogen and oxygen atoms in total. The van der Waals surface area contributed by atoms with E-state index in [4.69, 9.17) is 11.6 Å². The molecule has 0 radical (unpaired) electrons. The van der Waals surface area contributed by atoms with Crippen LogP contribution in [0.2, 0.25) is 5.02 Å². The van der Waals surface area contributed by atoms with E-state index in [2.05, 4.69) is 17.9 Å². The molecule has 1 amide bonds. The molecule has 2 heterocycles. The third-order valence-corrected chi connectivity index (χ3v) is 5.72. The van der Waals surface area contributed by atoms with Crippen LogP contribution < -0.4 is 0 Å². The molecular formula is C18H21ClN2OS. The lowest BCUT2D eigenvalue weighted by Gasteiger charge is -2.34. The number of carbonyl (C=O) groups is 1. The zero-order valence-electron chi connectivity index (χ0n) is 13.5. The zero-order valence-corrected chi connectivity index (χ0v) is 15.1. The summed E-state index contributed by atoms with van der Waals surface area (Å²) in [4.78, 5) is 18.2. The van der Waals surface area contributed by atoms with E-state index in [0.29, 0.717) is 0 Å². The van der Waals surface area contributed by atoms with Crippen LogP contribution in [0.25, 0.3) is 0 Å². The van der Waals surface area contributed by atoms with E-state index < -0.39 is 0 Å². The second-order valence-corrected chi connectivity index (χ2v) is 7.55. The Balaban J connectivity index is 1.58. The van der Waals surface area contributed by atoms with Crippen LogP contribution in [-0.2, 0) is 6.54 Å². The summed E-state index contributed by atoms with van der Waals surface area (Å²) in [5, 5.41) is 2.77. The minimum absolute atomic E-state index is 0.175. The van der Waals surface area contributed by atoms with Crippen LogP contribution >= 0.6 is 22.9 Å². The summed E-state index contributed by atoms with van der Waals surface area (Å²) in [7, 11) is 0. The van der Waals surface area contributed by atoms with Crippen LogP contribution in [0.4, 0.5) is 0 Å². The third kappa shape index (κ3) is 3.77. The lowest BCUT2D eigenvalue weighted by atomic mass is 10.1. The van der Waals surface area contributed by atoms with Crippen molar-refractivity contribution in [2.24, 2.45) is 0 Å². The van der Waals surface area contributed by atoms with Gasteiger partial charge in [0.1, 0.15) is 0 Å². The topological polar surface area (TPSA) is 23.6 Å². The van der Waals surface area contributed by atoms with E-state index in [1.54, 1.807) is 11.3 Å². The number of halogens is 1. The Kier molecular flexibility index (Phi) is 5.05. The molecule has 0 bridgehead atoms. The number of piperazine rings is 1. The maximum Gasteiger partial charge on any atom is 0.255 e. The molecule has 0 N–H and O–H groups in total. The molecule has 23 heavy (non-hydrogen) atoms. The normalized spacial score (nSPS) is 15.9. The number of aryl methyl sites for hydroxylation is 1. The zero-order chi connectivity index (χ0) is 16.4. The standard InChI is InChI=1S/C18H21ClN2OS/c1-13-14(2)23-12-17(13)18(22)21-8-6-20(7-9-21)11-15-4-3-5-16(19)10-15/h3-5,10,12H,6-9,11H2,1-2H3. The number of hydrogen-bond donors (Lipinski definition) is 0. The second kappa shape index (κ2) is 7.04. The Morgan fingerprint density at radius 2 is 1.96 bits per heavy atom. The highest BCUT2D eigenvalue weighted by molar-refractivity contribution is 7.10. The largest absolute Gasteiger partial charge is 0.336 e. The smallest absolute Gasteiger partial charge is 0.255 e. The van der Waals surface area contributed by atoms with Crippen LogP contribution in [0.5, 0.6) is 0 Å². The molecule has 1 aliphatic rings. The van der Waals surface area contributed by atoms with Crippen molar-refractivity contribution in [2.75, 3.05) is 26.2 Å². The Bertz CT molecular complexity index is 705. The van der Waals surface area contributed by atoms with Gasteiger partial charge < -0.3 is 4.90 Å². The van der Waals surface area contributed by atoms with E-state index >= 15 is 0 Å². The van der Waals surface area contributed by atoms with Crippen molar-refractivity contribution in [2.45, 2.75) is 20.4 Å². The van der Waals surface area contributed by atoms with E-state index in [0.717, 1.165) is 48.9 Å². The molecule has 2 aromatic rings. The number of thiophene rings is 1. The minimum atomic E-state index is 0.175. The van der Waals surface area contributed by atoms with Gasteiger partial charge in [0.2, 0.25) is 0 Å². The molecule has 0 atom stereocenters. The van der Waals surface area contributed by atoms with Gasteiger partial charge in [-0.15, -0.1) is 11.3 Å². The number of rotatable bonds is 3. The van der Waals surface area contributed by atoms with E-state index in [1.165, 1.54) is 10.4 Å². The van der Waals surface area contributed by atoms with E-state index in [9.17, 15) is 4.79 Å². The van der Waals surface area contributed by atoms with Crippen molar-refractivity contribution >= 4 is 28.8 Å². The SMILES string of the molecule is Cc1scc(C(=O)N2CCN(Cc3cccc(Cl)c3)CC2)c1C. The van der Waals surface area contributed by atoms with Gasteiger partial charge in [-0.25, -0.2) is 0 Å². The number of hydrogen-bond acceptors (Lipinski definition) is 3. The van der Waals surface area contributed by atoms with Gasteiger partial charge in [0.25, 0.3) is 5.91 Å². The van der Waals surface area contributed by atoms with Crippen LogP contribution in [-0.4, -0.2) is 41.9 Å². The van der Waals surface area contributed by atoms with Crippen LogP contribution in [0.15, 0.2) is 29.6 Å². The van der Waals surface area contributed by atoms with Gasteiger partial charge >= 0.3 is 0 Å². The Hall–Kier alpha value is -1.36. The summed E-state index contributed by atoms with van der Waals surface area (Å²) in [5.41, 5.74) is 3.22. The summed E-state index contributed by atoms with van der Waals surface area (Å²) < 4.78 is 0. The Morgan fingerprint density at radius 1 is 1.22 bits per heavy atom. The molecule has 5 heteroatoms. The summed E-state index contributed by atoms with van der Waals surface area (Å²) >= 11 is 7.70. The first-order valence-corrected chi connectivity index (χ1v) is 9.11. The number of nitrogens with zero attached hydrogens (tertiary/aromatic N) is 2. The summed E-state index contributed by atoms with van der Waals surface area (Å²) in [6.45, 7) is 8.37. The van der Waals surface area contributed by atoms with Crippen LogP contribution in [0.3, 0.4) is 0 Å². The van der Waals surface area contributed by atoms with Crippen LogP contribution in [0.1, 0.15) is 26.4 Å². The Morgan fingerprint density at radius 3 is 2.57 bits per heavy atom. The fraction of sp³-hybridized carbons (Fsp3) is 0.389. The van der Waals surface area contributed by atoms with Crippen molar-refractivity contribution in [3.8, 4) is 0 Å². The van der Waals surface area contributed by atoms with Crippen molar-refractivity contribution in [3.63, 3.8) is 0 Å². The first-order valence-electron chi connectivity index (χ1n) is 7.85. The van der Waals surface area contributed by atoms with Crippen molar-refractivity contribution in [1.82, 2.24) is 9.80 Å². The fourth-order valence-corrected chi connectivity index (χ4v) is 3.97. The molecule has 3 rings (SSSR count). The van der Waals surface area contributed by atoms with E-state index in [-0.39, 0.29) is 5.91 Å². The molecule has 1 aromatic carbocycles. The quantitative estimate of drug-likeness (QED) is 0.837. The summed E-state index contributed by atoms with van der Waals surface area (Å²) in [6.07, 6.45) is 0. The highest BCUT2D eigenvalue weighted by Crippen LogP contribution is 2.23. The minimum Gasteiger partial charge on any atom is -0.336 e. The fourth-order valence-electron chi connectivity index (χ4n) is 2.90. The molecule has 0 spiro atoms. The molecule has 1 aliphatic heterocycles. The first kappa shape index (κ1) is 16.5. The molecule has 1 saturated heterocycles. The number of benzene rings is 1.